The molecule has 0 radical (unpaired) electrons. The fourth-order valence-corrected chi connectivity index (χ4v) is 6.07. The number of thiazole rings is 1. The summed E-state index contributed by atoms with van der Waals surface area (Å²) >= 11 is 7.55. The molecule has 5 rings (SSSR count). The number of hydrogen-bond donors (Lipinski definition) is 2. The van der Waals surface area contributed by atoms with Crippen molar-refractivity contribution in [3.8, 4) is 0 Å². The van der Waals surface area contributed by atoms with Crippen molar-refractivity contribution in [1.82, 2.24) is 15.2 Å². The van der Waals surface area contributed by atoms with Gasteiger partial charge in [0.15, 0.2) is 5.01 Å². The lowest BCUT2D eigenvalue weighted by atomic mass is 9.83. The van der Waals surface area contributed by atoms with Crippen LogP contribution in [0, 0.1) is 5.92 Å². The molecule has 2 amide bonds. The van der Waals surface area contributed by atoms with Gasteiger partial charge >= 0.3 is 0 Å². The topological polar surface area (TPSA) is 74.3 Å². The Labute approximate surface area is 214 Å². The molecule has 2 atom stereocenters. The molecule has 1 saturated carbocycles. The Hall–Kier alpha value is -2.19. The van der Waals surface area contributed by atoms with Crippen molar-refractivity contribution in [2.45, 2.75) is 44.7 Å². The highest BCUT2D eigenvalue weighted by Gasteiger charge is 2.33. The number of aromatic nitrogens is 1. The summed E-state index contributed by atoms with van der Waals surface area (Å²) in [7, 11) is 2.08. The van der Waals surface area contributed by atoms with E-state index in [2.05, 4.69) is 27.6 Å². The quantitative estimate of drug-likeness (QED) is 0.492. The summed E-state index contributed by atoms with van der Waals surface area (Å²) in [6, 6.07) is 11.3. The molecule has 1 aromatic heterocycles. The van der Waals surface area contributed by atoms with Gasteiger partial charge in [0, 0.05) is 41.1 Å². The van der Waals surface area contributed by atoms with Gasteiger partial charge in [-0.05, 0) is 54.9 Å². The summed E-state index contributed by atoms with van der Waals surface area (Å²) in [5.74, 6) is -0.470. The molecule has 2 aliphatic rings. The van der Waals surface area contributed by atoms with Crippen molar-refractivity contribution in [2.24, 2.45) is 5.92 Å². The van der Waals surface area contributed by atoms with E-state index in [1.165, 1.54) is 16.2 Å². The summed E-state index contributed by atoms with van der Waals surface area (Å²) in [6.45, 7) is 1.80. The summed E-state index contributed by atoms with van der Waals surface area (Å²) in [5, 5.41) is 9.43. The maximum Gasteiger partial charge on any atom is 0.280 e. The van der Waals surface area contributed by atoms with E-state index in [9.17, 15) is 9.59 Å². The highest BCUT2D eigenvalue weighted by Crippen LogP contribution is 2.29. The second-order valence-electron chi connectivity index (χ2n) is 9.04. The Morgan fingerprint density at radius 1 is 1.12 bits per heavy atom. The molecule has 34 heavy (non-hydrogen) atoms. The lowest BCUT2D eigenvalue weighted by Crippen LogP contribution is -2.46. The van der Waals surface area contributed by atoms with Gasteiger partial charge in [0.1, 0.15) is 0 Å². The monoisotopic (exact) mass is 518 g/mol. The van der Waals surface area contributed by atoms with E-state index in [-0.39, 0.29) is 36.2 Å². The number of amides is 2. The summed E-state index contributed by atoms with van der Waals surface area (Å²) in [5.41, 5.74) is 1.79. The molecular weight excluding hydrogens is 491 g/mol. The number of rotatable bonds is 4. The standard InChI is InChI=1S/C25H27ClN4O2S.ClH/c1-30-11-10-21-22(14-30)33-25(29-21)24(32)28-20-5-3-2-4-19(20)23(31)27-18-9-7-15-12-17(26)8-6-16(15)13-18;/h6-9,12-13,19-20H,2-5,10-11,14H2,1H3,(H,27,31)(H,28,32);1H/t19-,20+;/m0./s1. The van der Waals surface area contributed by atoms with Crippen LogP contribution in [0.4, 0.5) is 5.69 Å². The van der Waals surface area contributed by atoms with Crippen LogP contribution in [0.25, 0.3) is 10.8 Å². The Morgan fingerprint density at radius 3 is 2.74 bits per heavy atom. The third kappa shape index (κ3) is 5.38. The molecular formula is C25H28Cl2N4O2S. The Morgan fingerprint density at radius 2 is 1.88 bits per heavy atom. The number of carbonyl (C=O) groups is 2. The van der Waals surface area contributed by atoms with E-state index >= 15 is 0 Å². The lowest BCUT2D eigenvalue weighted by Gasteiger charge is -2.31. The first-order valence-electron chi connectivity index (χ1n) is 11.4. The molecule has 0 spiro atoms. The van der Waals surface area contributed by atoms with Gasteiger partial charge in [-0.2, -0.15) is 0 Å². The van der Waals surface area contributed by atoms with Gasteiger partial charge in [0.05, 0.1) is 11.6 Å². The van der Waals surface area contributed by atoms with Crippen LogP contribution >= 0.6 is 35.3 Å². The number of halogens is 2. The molecule has 3 aromatic rings. The molecule has 1 aliphatic heterocycles. The van der Waals surface area contributed by atoms with Crippen LogP contribution in [0.15, 0.2) is 36.4 Å². The smallest absolute Gasteiger partial charge is 0.280 e. The Bertz CT molecular complexity index is 1210. The maximum absolute atomic E-state index is 13.2. The van der Waals surface area contributed by atoms with E-state index in [0.717, 1.165) is 67.3 Å². The van der Waals surface area contributed by atoms with Gasteiger partial charge < -0.3 is 15.5 Å². The van der Waals surface area contributed by atoms with E-state index in [1.54, 1.807) is 0 Å². The largest absolute Gasteiger partial charge is 0.346 e. The lowest BCUT2D eigenvalue weighted by molar-refractivity contribution is -0.121. The van der Waals surface area contributed by atoms with Crippen molar-refractivity contribution in [3.63, 3.8) is 0 Å². The third-order valence-corrected chi connectivity index (χ3v) is 7.92. The normalized spacial score (nSPS) is 20.3. The van der Waals surface area contributed by atoms with Gasteiger partial charge in [-0.1, -0.05) is 36.6 Å². The number of nitrogens with zero attached hydrogens (tertiary/aromatic N) is 2. The van der Waals surface area contributed by atoms with Crippen molar-refractivity contribution < 1.29 is 9.59 Å². The van der Waals surface area contributed by atoms with Crippen LogP contribution in [-0.2, 0) is 17.8 Å². The Kier molecular flexibility index (Phi) is 7.77. The highest BCUT2D eigenvalue weighted by molar-refractivity contribution is 7.13. The predicted molar refractivity (Wildman–Crippen MR) is 140 cm³/mol. The van der Waals surface area contributed by atoms with E-state index in [1.807, 2.05) is 36.4 Å². The molecule has 0 unspecified atom stereocenters. The molecule has 6 nitrogen and oxygen atoms in total. The fourth-order valence-electron chi connectivity index (χ4n) is 4.80. The fraction of sp³-hybridized carbons (Fsp3) is 0.400. The van der Waals surface area contributed by atoms with Gasteiger partial charge in [-0.15, -0.1) is 23.7 Å². The molecule has 2 N–H and O–H groups in total. The van der Waals surface area contributed by atoms with Gasteiger partial charge in [0.25, 0.3) is 5.91 Å². The molecule has 0 bridgehead atoms. The van der Waals surface area contributed by atoms with Crippen LogP contribution < -0.4 is 10.6 Å². The minimum atomic E-state index is -0.260. The Balaban J connectivity index is 0.00000274. The van der Waals surface area contributed by atoms with E-state index in [4.69, 9.17) is 11.6 Å². The molecule has 2 aromatic carbocycles. The van der Waals surface area contributed by atoms with Crippen LogP contribution in [-0.4, -0.2) is 41.3 Å². The number of benzene rings is 2. The predicted octanol–water partition coefficient (Wildman–Crippen LogP) is 5.29. The first-order chi connectivity index (χ1) is 16.0. The molecule has 0 saturated heterocycles. The first-order valence-corrected chi connectivity index (χ1v) is 12.6. The molecule has 1 fully saturated rings. The number of carbonyl (C=O) groups excluding carboxylic acids is 2. The number of fused-ring (bicyclic) bond motifs is 2. The molecule has 1 aliphatic carbocycles. The first kappa shape index (κ1) is 24.9. The van der Waals surface area contributed by atoms with E-state index < -0.39 is 0 Å². The number of likely N-dealkylation sites (N-methyl/N-ethyl adjacent to an activating group) is 1. The van der Waals surface area contributed by atoms with Crippen LogP contribution in [0.1, 0.15) is 46.1 Å². The average molecular weight is 519 g/mol. The SMILES string of the molecule is CN1CCc2nc(C(=O)N[C@@H]3CCCC[C@@H]3C(=O)Nc3ccc4cc(Cl)ccc4c3)sc2C1.Cl. The van der Waals surface area contributed by atoms with Crippen molar-refractivity contribution in [2.75, 3.05) is 18.9 Å². The zero-order chi connectivity index (χ0) is 22.9. The number of anilines is 1. The van der Waals surface area contributed by atoms with Gasteiger partial charge in [-0.25, -0.2) is 4.98 Å². The van der Waals surface area contributed by atoms with Crippen LogP contribution in [0.2, 0.25) is 5.02 Å². The second-order valence-corrected chi connectivity index (χ2v) is 10.6. The zero-order valence-corrected chi connectivity index (χ0v) is 21.4. The van der Waals surface area contributed by atoms with Gasteiger partial charge in [-0.3, -0.25) is 9.59 Å². The van der Waals surface area contributed by atoms with Crippen molar-refractivity contribution in [1.29, 1.82) is 0 Å². The highest BCUT2D eigenvalue weighted by atomic mass is 35.5. The van der Waals surface area contributed by atoms with Crippen LogP contribution in [0.5, 0.6) is 0 Å². The summed E-state index contributed by atoms with van der Waals surface area (Å²) in [4.78, 5) is 34.2. The van der Waals surface area contributed by atoms with E-state index in [0.29, 0.717) is 10.0 Å². The number of hydrogen-bond acceptors (Lipinski definition) is 5. The molecule has 180 valence electrons. The summed E-state index contributed by atoms with van der Waals surface area (Å²) < 4.78 is 0. The third-order valence-electron chi connectivity index (χ3n) is 6.61. The molecule has 2 heterocycles. The number of nitrogens with one attached hydrogen (secondary N) is 2. The second kappa shape index (κ2) is 10.6. The minimum absolute atomic E-state index is 0. The average Bonchev–Trinajstić information content (AvgIpc) is 3.23. The molecule has 9 heteroatoms. The van der Waals surface area contributed by atoms with Crippen molar-refractivity contribution >= 4 is 63.6 Å². The minimum Gasteiger partial charge on any atom is -0.346 e. The maximum atomic E-state index is 13.2. The van der Waals surface area contributed by atoms with Crippen LogP contribution in [0.3, 0.4) is 0 Å². The summed E-state index contributed by atoms with van der Waals surface area (Å²) in [6.07, 6.45) is 4.43. The van der Waals surface area contributed by atoms with Crippen molar-refractivity contribution in [3.05, 3.63) is 57.0 Å². The van der Waals surface area contributed by atoms with Gasteiger partial charge in [0.2, 0.25) is 5.91 Å². The zero-order valence-electron chi connectivity index (χ0n) is 19.0.